The zero-order valence-corrected chi connectivity index (χ0v) is 4.47. The first kappa shape index (κ1) is 7.46. The highest BCUT2D eigenvalue weighted by Gasteiger charge is 1.99. The fourth-order valence-corrected chi connectivity index (χ4v) is 0.343. The topological polar surface area (TPSA) is 83.9 Å². The third kappa shape index (κ3) is 1.80. The van der Waals surface area contributed by atoms with Gasteiger partial charge in [0.05, 0.1) is 11.6 Å². The molecule has 1 aromatic rings. The monoisotopic (exact) mass is 124 g/mol. The molecule has 1 heterocycles. The number of diazo groups is 1. The summed E-state index contributed by atoms with van der Waals surface area (Å²) in [4.78, 5) is 10.1. The van der Waals surface area contributed by atoms with Gasteiger partial charge < -0.3 is 5.48 Å². The molecular formula is C4H4N4O. The van der Waals surface area contributed by atoms with Crippen LogP contribution in [0.1, 0.15) is 0 Å². The molecule has 1 aromatic heterocycles. The van der Waals surface area contributed by atoms with Gasteiger partial charge in [0.2, 0.25) is 0 Å². The molecule has 0 unspecified atom stereocenters. The van der Waals surface area contributed by atoms with Crippen molar-refractivity contribution in [2.45, 2.75) is 0 Å². The van der Waals surface area contributed by atoms with E-state index in [-0.39, 0.29) is 11.3 Å². The van der Waals surface area contributed by atoms with Gasteiger partial charge in [-0.2, -0.15) is 0 Å². The molecule has 5 heteroatoms. The minimum Gasteiger partial charge on any atom is -0.870 e. The molecule has 0 saturated carbocycles. The molecule has 0 atom stereocenters. The van der Waals surface area contributed by atoms with E-state index in [1.165, 1.54) is 18.6 Å². The lowest BCUT2D eigenvalue weighted by molar-refractivity contribution is 0.824. The van der Waals surface area contributed by atoms with Gasteiger partial charge in [0.25, 0.3) is 0 Å². The molecule has 0 fully saturated rings. The Morgan fingerprint density at radius 2 is 2.22 bits per heavy atom. The average Bonchev–Trinajstić information content (AvgIpc) is 1.90. The second kappa shape index (κ2) is 3.46. The third-order valence-corrected chi connectivity index (χ3v) is 0.652. The van der Waals surface area contributed by atoms with E-state index in [0.29, 0.717) is 0 Å². The van der Waals surface area contributed by atoms with Gasteiger partial charge in [0.15, 0.2) is 6.20 Å². The molecule has 46 valence electrons. The molecule has 1 N–H and O–H groups in total. The van der Waals surface area contributed by atoms with Crippen molar-refractivity contribution >= 4 is 5.82 Å². The first-order valence-electron chi connectivity index (χ1n) is 2.04. The van der Waals surface area contributed by atoms with Crippen LogP contribution in [0, 0.1) is 5.39 Å². The quantitative estimate of drug-likeness (QED) is 0.478. The Bertz CT molecular complexity index is 204. The van der Waals surface area contributed by atoms with Crippen molar-refractivity contribution in [3.8, 4) is 0 Å². The predicted octanol–water partition coefficient (Wildman–Crippen LogP) is 0.784. The number of rotatable bonds is 0. The van der Waals surface area contributed by atoms with E-state index in [1.807, 2.05) is 0 Å². The molecule has 0 saturated heterocycles. The van der Waals surface area contributed by atoms with Gasteiger partial charge in [-0.05, 0) is 4.98 Å². The van der Waals surface area contributed by atoms with E-state index < -0.39 is 0 Å². The highest BCUT2D eigenvalue weighted by Crippen LogP contribution is 1.99. The van der Waals surface area contributed by atoms with E-state index in [0.717, 1.165) is 0 Å². The lowest BCUT2D eigenvalue weighted by atomic mass is 10.7. The van der Waals surface area contributed by atoms with Crippen molar-refractivity contribution in [3.05, 3.63) is 23.6 Å². The molecule has 0 aliphatic heterocycles. The van der Waals surface area contributed by atoms with Crippen LogP contribution in [-0.4, -0.2) is 15.4 Å². The van der Waals surface area contributed by atoms with Crippen molar-refractivity contribution in [1.82, 2.24) is 9.97 Å². The van der Waals surface area contributed by atoms with Gasteiger partial charge in [0.1, 0.15) is 6.20 Å². The smallest absolute Gasteiger partial charge is 0.482 e. The zero-order chi connectivity index (χ0) is 5.82. The standard InChI is InChI=1S/C4H3N4.H2O/c5-8-4-3-6-1-2-7-4;/h1-3H;1H2/q+1;/p-1. The molecule has 0 spiro atoms. The SMILES string of the molecule is N#[N+]c1cnccn1.[OH-]. The van der Waals surface area contributed by atoms with Crippen molar-refractivity contribution in [3.63, 3.8) is 0 Å². The highest BCUT2D eigenvalue weighted by atomic mass is 16.0. The zero-order valence-electron chi connectivity index (χ0n) is 4.47. The first-order valence-corrected chi connectivity index (χ1v) is 2.04. The number of nitrogens with zero attached hydrogens (tertiary/aromatic N) is 4. The molecule has 0 aliphatic rings. The fraction of sp³-hybridized carbons (Fsp3) is 0. The normalized spacial score (nSPS) is 7.00. The van der Waals surface area contributed by atoms with E-state index in [1.54, 1.807) is 0 Å². The molecule has 1 rings (SSSR count). The van der Waals surface area contributed by atoms with Crippen LogP contribution in [0.2, 0.25) is 0 Å². The highest BCUT2D eigenvalue weighted by molar-refractivity contribution is 5.28. The summed E-state index contributed by atoms with van der Waals surface area (Å²) in [6, 6.07) is 0. The summed E-state index contributed by atoms with van der Waals surface area (Å²) in [6.07, 6.45) is 4.32. The van der Waals surface area contributed by atoms with Crippen molar-refractivity contribution in [2.24, 2.45) is 0 Å². The third-order valence-electron chi connectivity index (χ3n) is 0.652. The predicted molar refractivity (Wildman–Crippen MR) is 28.7 cm³/mol. The Labute approximate surface area is 51.3 Å². The fourth-order valence-electron chi connectivity index (χ4n) is 0.343. The molecular weight excluding hydrogens is 120 g/mol. The summed E-state index contributed by atoms with van der Waals surface area (Å²) in [5.41, 5.74) is 0. The van der Waals surface area contributed by atoms with Gasteiger partial charge >= 0.3 is 5.82 Å². The number of hydrogen-bond donors (Lipinski definition) is 0. The van der Waals surface area contributed by atoms with Crippen LogP contribution in [0.5, 0.6) is 0 Å². The van der Waals surface area contributed by atoms with Crippen molar-refractivity contribution in [1.29, 1.82) is 5.39 Å². The second-order valence-electron chi connectivity index (χ2n) is 1.16. The number of hydrogen-bond acceptors (Lipinski definition) is 4. The summed E-state index contributed by atoms with van der Waals surface area (Å²) in [5.74, 6) is 0.229. The lowest BCUT2D eigenvalue weighted by Crippen LogP contribution is -1.70. The Kier molecular flexibility index (Phi) is 2.87. The Morgan fingerprint density at radius 1 is 1.44 bits per heavy atom. The van der Waals surface area contributed by atoms with Gasteiger partial charge in [-0.3, -0.25) is 4.98 Å². The summed E-state index contributed by atoms with van der Waals surface area (Å²) >= 11 is 0. The Hall–Kier alpha value is -1.54. The van der Waals surface area contributed by atoms with E-state index in [4.69, 9.17) is 5.39 Å². The van der Waals surface area contributed by atoms with E-state index >= 15 is 0 Å². The molecule has 0 aliphatic carbocycles. The van der Waals surface area contributed by atoms with Gasteiger partial charge in [0, 0.05) is 4.98 Å². The average molecular weight is 124 g/mol. The van der Waals surface area contributed by atoms with Crippen molar-refractivity contribution in [2.75, 3.05) is 0 Å². The van der Waals surface area contributed by atoms with E-state index in [9.17, 15) is 0 Å². The van der Waals surface area contributed by atoms with E-state index in [2.05, 4.69) is 14.9 Å². The molecule has 0 radical (unpaired) electrons. The van der Waals surface area contributed by atoms with Crippen LogP contribution < -0.4 is 0 Å². The van der Waals surface area contributed by atoms with Crippen LogP contribution in [0.25, 0.3) is 4.98 Å². The Morgan fingerprint density at radius 3 is 2.56 bits per heavy atom. The molecule has 0 bridgehead atoms. The van der Waals surface area contributed by atoms with Crippen LogP contribution >= 0.6 is 0 Å². The second-order valence-corrected chi connectivity index (χ2v) is 1.16. The summed E-state index contributed by atoms with van der Waals surface area (Å²) < 4.78 is 0. The van der Waals surface area contributed by atoms with Gasteiger partial charge in [-0.25, -0.2) is 0 Å². The summed E-state index contributed by atoms with van der Waals surface area (Å²) in [7, 11) is 0. The first-order chi connectivity index (χ1) is 3.93. The minimum absolute atomic E-state index is 0. The molecule has 5 nitrogen and oxygen atoms in total. The maximum Gasteiger partial charge on any atom is 0.482 e. The molecule has 9 heavy (non-hydrogen) atoms. The Balaban J connectivity index is 0.000000640. The maximum atomic E-state index is 8.06. The van der Waals surface area contributed by atoms with Crippen LogP contribution in [0.15, 0.2) is 18.6 Å². The molecule has 0 amide bonds. The van der Waals surface area contributed by atoms with Gasteiger partial charge in [-0.15, -0.1) is 0 Å². The van der Waals surface area contributed by atoms with Crippen LogP contribution in [0.4, 0.5) is 5.82 Å². The van der Waals surface area contributed by atoms with Crippen molar-refractivity contribution < 1.29 is 5.48 Å². The largest absolute Gasteiger partial charge is 0.870 e. The number of aromatic nitrogens is 2. The van der Waals surface area contributed by atoms with Crippen LogP contribution in [-0.2, 0) is 0 Å². The summed E-state index contributed by atoms with van der Waals surface area (Å²) in [5, 5.41) is 8.06. The summed E-state index contributed by atoms with van der Waals surface area (Å²) in [6.45, 7) is 0. The molecule has 0 aromatic carbocycles. The lowest BCUT2D eigenvalue weighted by Gasteiger charge is -1.66. The maximum absolute atomic E-state index is 8.06. The van der Waals surface area contributed by atoms with Gasteiger partial charge in [-0.1, -0.05) is 0 Å². The minimum atomic E-state index is 0. The van der Waals surface area contributed by atoms with Crippen LogP contribution in [0.3, 0.4) is 0 Å².